The Hall–Kier alpha value is -2.69. The third kappa shape index (κ3) is 3.02. The lowest BCUT2D eigenvalue weighted by atomic mass is 10.1. The molecule has 1 atom stereocenters. The lowest BCUT2D eigenvalue weighted by Crippen LogP contribution is -2.27. The Morgan fingerprint density at radius 1 is 1.17 bits per heavy atom. The smallest absolute Gasteiger partial charge is 0.253 e. The second-order valence-corrected chi connectivity index (χ2v) is 6.32. The number of rotatable bonds is 4. The zero-order valence-electron chi connectivity index (χ0n) is 14.4. The minimum Gasteiger partial charge on any atom is -0.345 e. The largest absolute Gasteiger partial charge is 0.345 e. The number of nitrogens with one attached hydrogen (secondary N) is 1. The summed E-state index contributed by atoms with van der Waals surface area (Å²) in [6, 6.07) is 12.0. The van der Waals surface area contributed by atoms with E-state index in [9.17, 15) is 4.79 Å². The second-order valence-electron chi connectivity index (χ2n) is 6.32. The lowest BCUT2D eigenvalue weighted by molar-refractivity contribution is 0.0939. The van der Waals surface area contributed by atoms with Crippen molar-refractivity contribution >= 4 is 16.9 Å². The van der Waals surface area contributed by atoms with Gasteiger partial charge in [-0.05, 0) is 39.3 Å². The van der Waals surface area contributed by atoms with Crippen LogP contribution in [0.5, 0.6) is 0 Å². The summed E-state index contributed by atoms with van der Waals surface area (Å²) in [5.41, 5.74) is 3.19. The average molecular weight is 322 g/mol. The van der Waals surface area contributed by atoms with Crippen LogP contribution in [0, 0.1) is 6.92 Å². The van der Waals surface area contributed by atoms with E-state index < -0.39 is 0 Å². The maximum atomic E-state index is 12.7. The molecule has 0 aliphatic heterocycles. The standard InChI is InChI=1S/C19H22N4O/c1-12(2)23-18-16(11-20-23)10-17(14(4)21-18)19(24)22-13(3)15-8-6-5-7-9-15/h5-13H,1-4H3,(H,22,24)/t13-/m1/s1. The number of pyridine rings is 1. The third-order valence-electron chi connectivity index (χ3n) is 4.14. The van der Waals surface area contributed by atoms with Crippen LogP contribution in [0.1, 0.15) is 54.5 Å². The van der Waals surface area contributed by atoms with Crippen molar-refractivity contribution in [1.82, 2.24) is 20.1 Å². The summed E-state index contributed by atoms with van der Waals surface area (Å²) >= 11 is 0. The maximum Gasteiger partial charge on any atom is 0.253 e. The highest BCUT2D eigenvalue weighted by molar-refractivity contribution is 5.98. The SMILES string of the molecule is Cc1nc2c(cnn2C(C)C)cc1C(=O)N[C@H](C)c1ccccc1. The highest BCUT2D eigenvalue weighted by Crippen LogP contribution is 2.20. The maximum absolute atomic E-state index is 12.7. The van der Waals surface area contributed by atoms with Crippen LogP contribution in [0.25, 0.3) is 11.0 Å². The van der Waals surface area contributed by atoms with Crippen molar-refractivity contribution < 1.29 is 4.79 Å². The van der Waals surface area contributed by atoms with Crippen molar-refractivity contribution in [2.24, 2.45) is 0 Å². The number of fused-ring (bicyclic) bond motifs is 1. The first-order valence-corrected chi connectivity index (χ1v) is 8.18. The van der Waals surface area contributed by atoms with E-state index in [1.165, 1.54) is 0 Å². The molecule has 1 amide bonds. The van der Waals surface area contributed by atoms with Crippen molar-refractivity contribution in [3.63, 3.8) is 0 Å². The molecule has 0 spiro atoms. The molecule has 0 unspecified atom stereocenters. The number of hydrogen-bond acceptors (Lipinski definition) is 3. The zero-order chi connectivity index (χ0) is 17.3. The van der Waals surface area contributed by atoms with E-state index >= 15 is 0 Å². The first kappa shape index (κ1) is 16.2. The molecule has 24 heavy (non-hydrogen) atoms. The summed E-state index contributed by atoms with van der Waals surface area (Å²) in [6.07, 6.45) is 1.76. The fraction of sp³-hybridized carbons (Fsp3) is 0.316. The van der Waals surface area contributed by atoms with E-state index in [1.807, 2.05) is 54.9 Å². The van der Waals surface area contributed by atoms with Gasteiger partial charge in [0.15, 0.2) is 5.65 Å². The molecule has 124 valence electrons. The van der Waals surface area contributed by atoms with Crippen LogP contribution in [0.3, 0.4) is 0 Å². The van der Waals surface area contributed by atoms with Gasteiger partial charge in [0.2, 0.25) is 0 Å². The molecular weight excluding hydrogens is 300 g/mol. The molecule has 3 aromatic rings. The summed E-state index contributed by atoms with van der Waals surface area (Å²) < 4.78 is 1.87. The van der Waals surface area contributed by atoms with Gasteiger partial charge >= 0.3 is 0 Å². The van der Waals surface area contributed by atoms with Gasteiger partial charge in [-0.2, -0.15) is 5.10 Å². The van der Waals surface area contributed by atoms with E-state index in [0.29, 0.717) is 11.3 Å². The Labute approximate surface area is 141 Å². The number of benzene rings is 1. The van der Waals surface area contributed by atoms with Gasteiger partial charge in [0.1, 0.15) is 0 Å². The fourth-order valence-corrected chi connectivity index (χ4v) is 2.77. The molecule has 0 saturated heterocycles. The summed E-state index contributed by atoms with van der Waals surface area (Å²) in [4.78, 5) is 17.3. The van der Waals surface area contributed by atoms with E-state index in [4.69, 9.17) is 0 Å². The van der Waals surface area contributed by atoms with E-state index in [0.717, 1.165) is 16.6 Å². The summed E-state index contributed by atoms with van der Waals surface area (Å²) in [5.74, 6) is -0.115. The molecule has 0 radical (unpaired) electrons. The number of aromatic nitrogens is 3. The van der Waals surface area contributed by atoms with Gasteiger partial charge in [-0.1, -0.05) is 30.3 Å². The predicted molar refractivity (Wildman–Crippen MR) is 95.0 cm³/mol. The van der Waals surface area contributed by atoms with E-state index in [-0.39, 0.29) is 18.0 Å². The molecule has 1 N–H and O–H groups in total. The predicted octanol–water partition coefficient (Wildman–Crippen LogP) is 3.81. The molecule has 1 aromatic carbocycles. The van der Waals surface area contributed by atoms with Gasteiger partial charge < -0.3 is 5.32 Å². The molecule has 0 fully saturated rings. The minimum absolute atomic E-state index is 0.0628. The van der Waals surface area contributed by atoms with Gasteiger partial charge in [0, 0.05) is 11.4 Å². The Balaban J connectivity index is 1.89. The molecule has 5 nitrogen and oxygen atoms in total. The number of hydrogen-bond donors (Lipinski definition) is 1. The molecular formula is C19H22N4O. The van der Waals surface area contributed by atoms with E-state index in [1.54, 1.807) is 6.20 Å². The molecule has 2 aromatic heterocycles. The molecule has 3 rings (SSSR count). The van der Waals surface area contributed by atoms with Gasteiger partial charge in [-0.25, -0.2) is 9.67 Å². The number of nitrogens with zero attached hydrogens (tertiary/aromatic N) is 3. The molecule has 0 aliphatic rings. The van der Waals surface area contributed by atoms with Gasteiger partial charge in [0.25, 0.3) is 5.91 Å². The Morgan fingerprint density at radius 2 is 1.88 bits per heavy atom. The molecule has 0 aliphatic carbocycles. The van der Waals surface area contributed by atoms with Crippen molar-refractivity contribution in [1.29, 1.82) is 0 Å². The lowest BCUT2D eigenvalue weighted by Gasteiger charge is -2.15. The van der Waals surface area contributed by atoms with Crippen LogP contribution in [-0.4, -0.2) is 20.7 Å². The summed E-state index contributed by atoms with van der Waals surface area (Å²) in [5, 5.41) is 8.29. The van der Waals surface area contributed by atoms with E-state index in [2.05, 4.69) is 29.2 Å². The summed E-state index contributed by atoms with van der Waals surface area (Å²) in [6.45, 7) is 7.96. The summed E-state index contributed by atoms with van der Waals surface area (Å²) in [7, 11) is 0. The molecule has 0 bridgehead atoms. The van der Waals surface area contributed by atoms with Gasteiger partial charge in [0.05, 0.1) is 23.5 Å². The Bertz CT molecular complexity index is 868. The van der Waals surface area contributed by atoms with Crippen molar-refractivity contribution in [3.8, 4) is 0 Å². The van der Waals surface area contributed by atoms with Crippen LogP contribution in [0.4, 0.5) is 0 Å². The second kappa shape index (κ2) is 6.43. The number of aryl methyl sites for hydroxylation is 1. The van der Waals surface area contributed by atoms with Crippen molar-refractivity contribution in [2.75, 3.05) is 0 Å². The first-order valence-electron chi connectivity index (χ1n) is 8.18. The number of amides is 1. The van der Waals surface area contributed by atoms with Crippen molar-refractivity contribution in [3.05, 3.63) is 59.4 Å². The minimum atomic E-state index is -0.115. The molecule has 5 heteroatoms. The number of carbonyl (C=O) groups excluding carboxylic acids is 1. The quantitative estimate of drug-likeness (QED) is 0.794. The topological polar surface area (TPSA) is 59.8 Å². The van der Waals surface area contributed by atoms with Crippen LogP contribution < -0.4 is 5.32 Å². The Morgan fingerprint density at radius 3 is 2.54 bits per heavy atom. The van der Waals surface area contributed by atoms with Crippen LogP contribution in [0.15, 0.2) is 42.6 Å². The van der Waals surface area contributed by atoms with Gasteiger partial charge in [-0.15, -0.1) is 0 Å². The molecule has 0 saturated carbocycles. The highest BCUT2D eigenvalue weighted by atomic mass is 16.1. The van der Waals surface area contributed by atoms with Crippen molar-refractivity contribution in [2.45, 2.75) is 39.8 Å². The average Bonchev–Trinajstić information content (AvgIpc) is 2.97. The zero-order valence-corrected chi connectivity index (χ0v) is 14.4. The fourth-order valence-electron chi connectivity index (χ4n) is 2.77. The Kier molecular flexibility index (Phi) is 4.34. The normalized spacial score (nSPS) is 12.5. The first-order chi connectivity index (χ1) is 11.5. The van der Waals surface area contributed by atoms with Crippen LogP contribution in [0.2, 0.25) is 0 Å². The molecule has 2 heterocycles. The van der Waals surface area contributed by atoms with Gasteiger partial charge in [-0.3, -0.25) is 4.79 Å². The van der Waals surface area contributed by atoms with Crippen LogP contribution in [-0.2, 0) is 0 Å². The monoisotopic (exact) mass is 322 g/mol. The highest BCUT2D eigenvalue weighted by Gasteiger charge is 2.17. The van der Waals surface area contributed by atoms with Crippen LogP contribution >= 0.6 is 0 Å². The number of carbonyl (C=O) groups is 1. The third-order valence-corrected chi connectivity index (χ3v) is 4.14.